The fourth-order valence-electron chi connectivity index (χ4n) is 16.9. The normalized spacial score (nSPS) is 12.0. The molecule has 1 aliphatic heterocycles. The van der Waals surface area contributed by atoms with Crippen molar-refractivity contribution in [2.75, 3.05) is 47.1 Å². The Morgan fingerprint density at radius 3 is 1.28 bits per heavy atom. The van der Waals surface area contributed by atoms with Gasteiger partial charge in [0.2, 0.25) is 0 Å². The Morgan fingerprint density at radius 1 is 0.388 bits per heavy atom. The molecule has 18 N–H and O–H groups in total. The first-order valence-electron chi connectivity index (χ1n) is 46.9. The van der Waals surface area contributed by atoms with Gasteiger partial charge in [-0.2, -0.15) is 30.6 Å². The minimum atomic E-state index is -0.432. The monoisotopic (exact) mass is 2060 g/mol. The number of aromatic amines is 6. The van der Waals surface area contributed by atoms with E-state index in [0.717, 1.165) is 83.9 Å². The number of ether oxygens (including phenoxy) is 3. The van der Waals surface area contributed by atoms with Gasteiger partial charge in [0.25, 0.3) is 0 Å². The Balaban J connectivity index is 0.000000140. The third kappa shape index (κ3) is 23.2. The molecule has 39 nitrogen and oxygen atoms in total. The second-order valence-electron chi connectivity index (χ2n) is 35.9. The van der Waals surface area contributed by atoms with Crippen LogP contribution in [0.1, 0.15) is 140 Å². The molecule has 0 amide bonds. The maximum absolute atomic E-state index is 12.5. The van der Waals surface area contributed by atoms with E-state index >= 15 is 0 Å². The number of hydrogen-bond acceptors (Lipinski definition) is 28. The van der Waals surface area contributed by atoms with Crippen molar-refractivity contribution in [2.24, 2.45) is 7.05 Å². The lowest BCUT2D eigenvalue weighted by Gasteiger charge is -2.26. The molecule has 1 saturated heterocycles. The average molecular weight is 2060 g/mol. The summed E-state index contributed by atoms with van der Waals surface area (Å²) in [6.45, 7) is 25.9. The lowest BCUT2D eigenvalue weighted by atomic mass is 9.98. The molecule has 0 saturated carbocycles. The van der Waals surface area contributed by atoms with Crippen LogP contribution in [0.5, 0.6) is 80.5 Å². The van der Waals surface area contributed by atoms with Gasteiger partial charge in [-0.1, -0.05) is 110 Å². The van der Waals surface area contributed by atoms with E-state index in [-0.39, 0.29) is 127 Å². The molecule has 147 heavy (non-hydrogen) atoms. The van der Waals surface area contributed by atoms with Crippen LogP contribution >= 0.6 is 36.0 Å². The molecule has 1 aliphatic rings. The summed E-state index contributed by atoms with van der Waals surface area (Å²) >= 11 is 16.7. The molecular formula is C105H113ClN20O19S2. The molecule has 0 aliphatic carbocycles. The number of fused-ring (bicyclic) bond motifs is 2. The number of aromatic nitrogens is 19. The third-order valence-electron chi connectivity index (χ3n) is 24.6. The van der Waals surface area contributed by atoms with Crippen LogP contribution in [0, 0.1) is 9.54 Å². The predicted octanol–water partition coefficient (Wildman–Crippen LogP) is 18.3. The topological polar surface area (TPSA) is 549 Å². The Bertz CT molecular complexity index is 8190. The SMILES string of the molecule is CC(C)c1cc(-c2n[nH]c(=O)n2-c2ccc3c(ccn3C)c2)c(O)cc1O.CC(C)c1cc(-c2n[nH]c(=O)n2C(C)C)c(O)cc1O.CC(C)c1cc(-c2n[nH]c(=O)n2CCCN2CCOCC2)c(O)cc1O.CCc1cc(-c2n[nH]c(=S)n2-c2cccc3ccccc23)c(O)cc1O.COc1ccc(-n2c(-c3cc(C(C)C)c(O)cc3O)n[nH]c2=O)cc1.COc1ccc(-n2c(-c3cc(Cl)c(O)cc3O)n[nH]c2=S)cc1. The summed E-state index contributed by atoms with van der Waals surface area (Å²) in [7, 11) is 5.10. The van der Waals surface area contributed by atoms with Gasteiger partial charge >= 0.3 is 22.8 Å². The predicted molar refractivity (Wildman–Crippen MR) is 564 cm³/mol. The Kier molecular flexibility index (Phi) is 33.0. The van der Waals surface area contributed by atoms with Gasteiger partial charge in [0.05, 0.1) is 88.6 Å². The molecule has 42 heteroatoms. The highest BCUT2D eigenvalue weighted by Crippen LogP contribution is 2.45. The summed E-state index contributed by atoms with van der Waals surface area (Å²) in [5.41, 5.74) is 8.34. The number of aryl methyl sites for hydroxylation is 2. The zero-order chi connectivity index (χ0) is 106. The first kappa shape index (κ1) is 106. The molecule has 8 heterocycles. The molecule has 0 atom stereocenters. The first-order chi connectivity index (χ1) is 70.2. The van der Waals surface area contributed by atoms with Gasteiger partial charge in [-0.3, -0.25) is 33.4 Å². The molecule has 18 aromatic rings. The smallest absolute Gasteiger partial charge is 0.348 e. The highest BCUT2D eigenvalue weighted by atomic mass is 35.5. The van der Waals surface area contributed by atoms with Gasteiger partial charge in [0.1, 0.15) is 80.5 Å². The molecule has 19 rings (SSSR count). The summed E-state index contributed by atoms with van der Waals surface area (Å²) < 4.78 is 27.6. The summed E-state index contributed by atoms with van der Waals surface area (Å²) in [4.78, 5) is 51.0. The number of nitrogens with one attached hydrogen (secondary N) is 6. The van der Waals surface area contributed by atoms with Crippen LogP contribution in [0.2, 0.25) is 5.02 Å². The van der Waals surface area contributed by atoms with Crippen molar-refractivity contribution in [2.45, 2.75) is 125 Å². The molecule has 0 bridgehead atoms. The number of halogens is 1. The molecular weight excluding hydrogens is 1940 g/mol. The molecule has 0 spiro atoms. The number of nitrogens with zero attached hydrogens (tertiary/aromatic N) is 14. The van der Waals surface area contributed by atoms with Crippen LogP contribution < -0.4 is 32.2 Å². The maximum Gasteiger partial charge on any atom is 0.348 e. The number of phenolic OH excluding ortho intramolecular Hbond substituents is 12. The summed E-state index contributed by atoms with van der Waals surface area (Å²) in [5, 5.41) is 164. The van der Waals surface area contributed by atoms with Gasteiger partial charge in [0, 0.05) is 98.2 Å². The highest BCUT2D eigenvalue weighted by Gasteiger charge is 2.28. The van der Waals surface area contributed by atoms with Crippen molar-refractivity contribution in [1.29, 1.82) is 0 Å². The minimum absolute atomic E-state index is 0.00475. The van der Waals surface area contributed by atoms with E-state index in [1.807, 2.05) is 177 Å². The van der Waals surface area contributed by atoms with E-state index in [4.69, 9.17) is 50.2 Å². The number of phenols is 12. The largest absolute Gasteiger partial charge is 0.508 e. The molecule has 0 unspecified atom stereocenters. The van der Waals surface area contributed by atoms with Crippen molar-refractivity contribution in [1.82, 2.24) is 98.1 Å². The van der Waals surface area contributed by atoms with Crippen LogP contribution in [0.4, 0.5) is 0 Å². The Hall–Kier alpha value is -16.9. The number of rotatable bonds is 22. The summed E-state index contributed by atoms with van der Waals surface area (Å²) in [6, 6.07) is 53.2. The zero-order valence-corrected chi connectivity index (χ0v) is 85.1. The fraction of sp³-hybridized carbons (Fsp3) is 0.257. The van der Waals surface area contributed by atoms with Crippen molar-refractivity contribution in [3.8, 4) is 172 Å². The Labute approximate surface area is 855 Å². The number of hydrogen-bond donors (Lipinski definition) is 18. The third-order valence-corrected chi connectivity index (χ3v) is 25.4. The van der Waals surface area contributed by atoms with Crippen molar-refractivity contribution in [3.05, 3.63) is 279 Å². The second kappa shape index (κ2) is 45.8. The molecule has 766 valence electrons. The maximum atomic E-state index is 12.5. The van der Waals surface area contributed by atoms with Crippen molar-refractivity contribution >= 4 is 57.7 Å². The highest BCUT2D eigenvalue weighted by molar-refractivity contribution is 7.71. The fourth-order valence-corrected chi connectivity index (χ4v) is 17.5. The van der Waals surface area contributed by atoms with E-state index in [0.29, 0.717) is 124 Å². The van der Waals surface area contributed by atoms with Gasteiger partial charge in [-0.25, -0.2) is 48.7 Å². The molecule has 0 radical (unpaired) electrons. The van der Waals surface area contributed by atoms with Crippen LogP contribution in [-0.2, 0) is 24.8 Å². The summed E-state index contributed by atoms with van der Waals surface area (Å²) in [5.74, 6) is 3.05. The zero-order valence-electron chi connectivity index (χ0n) is 82.7. The average Bonchev–Trinajstić information content (AvgIpc) is 1.65. The number of morpholine rings is 1. The van der Waals surface area contributed by atoms with E-state index < -0.39 is 11.4 Å². The van der Waals surface area contributed by atoms with Gasteiger partial charge < -0.3 is 80.1 Å². The summed E-state index contributed by atoms with van der Waals surface area (Å²) in [6.07, 6.45) is 3.38. The number of aromatic hydroxyl groups is 12. The van der Waals surface area contributed by atoms with Crippen LogP contribution in [0.25, 0.3) is 113 Å². The van der Waals surface area contributed by atoms with E-state index in [2.05, 4.69) is 66.1 Å². The molecule has 1 fully saturated rings. The lowest BCUT2D eigenvalue weighted by Crippen LogP contribution is -2.37. The molecule has 11 aromatic carbocycles. The second-order valence-corrected chi connectivity index (χ2v) is 37.1. The van der Waals surface area contributed by atoms with Crippen molar-refractivity contribution in [3.63, 3.8) is 0 Å². The van der Waals surface area contributed by atoms with E-state index in [1.165, 1.54) is 54.7 Å². The minimum Gasteiger partial charge on any atom is -0.508 e. The quantitative estimate of drug-likeness (QED) is 0.0280. The number of benzene rings is 11. The van der Waals surface area contributed by atoms with Gasteiger partial charge in [-0.15, -0.1) is 0 Å². The number of methoxy groups -OCH3 is 2. The van der Waals surface area contributed by atoms with Gasteiger partial charge in [0.15, 0.2) is 44.5 Å². The van der Waals surface area contributed by atoms with Crippen molar-refractivity contribution < 1.29 is 75.5 Å². The number of H-pyrrole nitrogens is 6. The van der Waals surface area contributed by atoms with E-state index in [9.17, 15) is 80.5 Å². The van der Waals surface area contributed by atoms with Crippen LogP contribution in [-0.4, -0.2) is 206 Å². The van der Waals surface area contributed by atoms with Crippen LogP contribution in [0.3, 0.4) is 0 Å². The Morgan fingerprint density at radius 2 is 0.782 bits per heavy atom. The van der Waals surface area contributed by atoms with Crippen LogP contribution in [0.15, 0.2) is 213 Å². The first-order valence-corrected chi connectivity index (χ1v) is 48.0. The van der Waals surface area contributed by atoms with Gasteiger partial charge in [-0.05, 0) is 223 Å². The lowest BCUT2D eigenvalue weighted by molar-refractivity contribution is 0.0369. The standard InChI is InChI=1S/C20H20N4O3.C20H17N3O2S.C18H26N4O4.C18H19N3O4.C15H12ClN3O3S.C14H19N3O3/c1-11(2)14-9-15(18(26)10-17(14)25)19-21-22-20(27)24(19)13-4-5-16-12(8-13)6-7-23(16)3;1-2-12-10-15(18(25)11-17(12)24)19-21-22-20(26)23(19)16-9-5-7-13-6-3-4-8-14(13)16;1-12(2)13-10-14(16(24)11-15(13)23)17-19-20-18(25)22(17)5-3-4-21-6-8-26-9-7-21;1-10(2)13-8-14(16(23)9-15(13)22)17-19-20-18(24)21(17)11-4-6-12(25-3)7-5-11;1-22-9-4-2-8(3-5-9)19-14(17-18-15(19)23)10-6-11(16)13(21)7-12(10)20;1-7(2)9-5-10(12(19)6-11(9)18)13-15-16-14(20)17(13)8(3)4/h4-11,25-26H,1-3H3,(H,22,27);3-11,24-25H,2H2,1H3,(H,22,26);10-12,23-24H,3-9H2,1-2H3,(H,20,25);4-10,22-23H,1-3H3,(H,20,24);2-7,20-21H,1H3,(H,18,23);5-8,18-19H,1-4H3,(H,16,20). The van der Waals surface area contributed by atoms with E-state index in [1.54, 1.807) is 85.5 Å². The molecule has 7 aromatic heterocycles.